The SMILES string of the molecule is CCCCN(CCCC(=O)c1ccccc1)C1CC1. The Kier molecular flexibility index (Phi) is 5.59. The maximum Gasteiger partial charge on any atom is 0.162 e. The van der Waals surface area contributed by atoms with E-state index in [4.69, 9.17) is 0 Å². The van der Waals surface area contributed by atoms with Crippen molar-refractivity contribution in [2.45, 2.75) is 51.5 Å². The molecule has 0 radical (unpaired) electrons. The number of carbonyl (C=O) groups is 1. The molecule has 1 saturated carbocycles. The molecule has 2 heteroatoms. The normalized spacial score (nSPS) is 14.8. The van der Waals surface area contributed by atoms with Crippen LogP contribution in [-0.2, 0) is 0 Å². The number of nitrogens with zero attached hydrogens (tertiary/aromatic N) is 1. The molecule has 0 unspecified atom stereocenters. The average Bonchev–Trinajstić information content (AvgIpc) is 3.28. The number of carbonyl (C=O) groups excluding carboxylic acids is 1. The van der Waals surface area contributed by atoms with Crippen molar-refractivity contribution in [3.05, 3.63) is 35.9 Å². The summed E-state index contributed by atoms with van der Waals surface area (Å²) < 4.78 is 0. The summed E-state index contributed by atoms with van der Waals surface area (Å²) in [7, 11) is 0. The van der Waals surface area contributed by atoms with Gasteiger partial charge in [-0.25, -0.2) is 0 Å². The van der Waals surface area contributed by atoms with Crippen LogP contribution < -0.4 is 0 Å². The Morgan fingerprint density at radius 3 is 2.47 bits per heavy atom. The van der Waals surface area contributed by atoms with Crippen molar-refractivity contribution in [1.29, 1.82) is 0 Å². The standard InChI is InChI=1S/C17H25NO/c1-2-3-13-18(16-11-12-16)14-7-10-17(19)15-8-5-4-6-9-15/h4-6,8-9,16H,2-3,7,10-14H2,1H3. The lowest BCUT2D eigenvalue weighted by atomic mass is 10.1. The van der Waals surface area contributed by atoms with E-state index in [1.54, 1.807) is 0 Å². The number of benzene rings is 1. The van der Waals surface area contributed by atoms with Crippen LogP contribution in [0, 0.1) is 0 Å². The first-order valence-corrected chi connectivity index (χ1v) is 7.63. The molecule has 104 valence electrons. The highest BCUT2D eigenvalue weighted by Crippen LogP contribution is 2.27. The van der Waals surface area contributed by atoms with Gasteiger partial charge in [0.25, 0.3) is 0 Å². The van der Waals surface area contributed by atoms with Gasteiger partial charge in [-0.05, 0) is 38.8 Å². The second kappa shape index (κ2) is 7.44. The Balaban J connectivity index is 1.71. The first-order valence-electron chi connectivity index (χ1n) is 7.63. The number of rotatable bonds is 9. The fraction of sp³-hybridized carbons (Fsp3) is 0.588. The molecule has 19 heavy (non-hydrogen) atoms. The molecular weight excluding hydrogens is 234 g/mol. The number of hydrogen-bond donors (Lipinski definition) is 0. The Morgan fingerprint density at radius 2 is 1.84 bits per heavy atom. The minimum absolute atomic E-state index is 0.284. The van der Waals surface area contributed by atoms with Gasteiger partial charge >= 0.3 is 0 Å². The maximum atomic E-state index is 12.0. The predicted molar refractivity (Wildman–Crippen MR) is 79.5 cm³/mol. The molecule has 0 spiro atoms. The monoisotopic (exact) mass is 259 g/mol. The van der Waals surface area contributed by atoms with Gasteiger partial charge in [0.1, 0.15) is 0 Å². The molecule has 0 N–H and O–H groups in total. The molecule has 0 bridgehead atoms. The molecule has 0 aromatic heterocycles. The van der Waals surface area contributed by atoms with Crippen molar-refractivity contribution in [1.82, 2.24) is 4.90 Å². The second-order valence-electron chi connectivity index (χ2n) is 5.51. The third kappa shape index (κ3) is 4.79. The van der Waals surface area contributed by atoms with Crippen molar-refractivity contribution in [3.8, 4) is 0 Å². The molecule has 1 aromatic rings. The van der Waals surface area contributed by atoms with E-state index in [1.165, 1.54) is 32.2 Å². The largest absolute Gasteiger partial charge is 0.300 e. The van der Waals surface area contributed by atoms with Gasteiger partial charge in [0.2, 0.25) is 0 Å². The van der Waals surface area contributed by atoms with Crippen molar-refractivity contribution in [2.75, 3.05) is 13.1 Å². The maximum absolute atomic E-state index is 12.0. The molecule has 0 heterocycles. The fourth-order valence-corrected chi connectivity index (χ4v) is 2.49. The molecule has 2 nitrogen and oxygen atoms in total. The zero-order valence-electron chi connectivity index (χ0n) is 12.0. The fourth-order valence-electron chi connectivity index (χ4n) is 2.49. The molecule has 0 atom stereocenters. The van der Waals surface area contributed by atoms with Gasteiger partial charge in [-0.1, -0.05) is 43.7 Å². The van der Waals surface area contributed by atoms with Crippen LogP contribution in [-0.4, -0.2) is 29.8 Å². The third-order valence-electron chi connectivity index (χ3n) is 3.81. The van der Waals surface area contributed by atoms with E-state index in [0.29, 0.717) is 6.42 Å². The summed E-state index contributed by atoms with van der Waals surface area (Å²) >= 11 is 0. The summed E-state index contributed by atoms with van der Waals surface area (Å²) in [5, 5.41) is 0. The quantitative estimate of drug-likeness (QED) is 0.627. The molecule has 0 saturated heterocycles. The summed E-state index contributed by atoms with van der Waals surface area (Å²) in [6, 6.07) is 10.5. The second-order valence-corrected chi connectivity index (χ2v) is 5.51. The van der Waals surface area contributed by atoms with Crippen LogP contribution in [0.2, 0.25) is 0 Å². The highest BCUT2D eigenvalue weighted by Gasteiger charge is 2.27. The van der Waals surface area contributed by atoms with E-state index >= 15 is 0 Å². The van der Waals surface area contributed by atoms with Crippen LogP contribution in [0.5, 0.6) is 0 Å². The minimum atomic E-state index is 0.284. The summed E-state index contributed by atoms with van der Waals surface area (Å²) in [6.45, 7) is 4.54. The summed E-state index contributed by atoms with van der Waals surface area (Å²) in [6.07, 6.45) is 6.93. The van der Waals surface area contributed by atoms with Crippen molar-refractivity contribution in [2.24, 2.45) is 0 Å². The van der Waals surface area contributed by atoms with E-state index in [0.717, 1.165) is 24.6 Å². The van der Waals surface area contributed by atoms with Crippen LogP contribution in [0.15, 0.2) is 30.3 Å². The van der Waals surface area contributed by atoms with Crippen molar-refractivity contribution in [3.63, 3.8) is 0 Å². The van der Waals surface area contributed by atoms with Gasteiger partial charge in [0.05, 0.1) is 0 Å². The first kappa shape index (κ1) is 14.3. The number of ketones is 1. The minimum Gasteiger partial charge on any atom is -0.300 e. The number of unbranched alkanes of at least 4 members (excludes halogenated alkanes) is 1. The van der Waals surface area contributed by atoms with Crippen molar-refractivity contribution < 1.29 is 4.79 Å². The Morgan fingerprint density at radius 1 is 1.16 bits per heavy atom. The van der Waals surface area contributed by atoms with Crippen LogP contribution in [0.3, 0.4) is 0 Å². The van der Waals surface area contributed by atoms with E-state index in [1.807, 2.05) is 30.3 Å². The molecule has 1 aliphatic carbocycles. The number of hydrogen-bond acceptors (Lipinski definition) is 2. The smallest absolute Gasteiger partial charge is 0.162 e. The molecule has 1 aliphatic rings. The highest BCUT2D eigenvalue weighted by atomic mass is 16.1. The van der Waals surface area contributed by atoms with Gasteiger partial charge < -0.3 is 4.90 Å². The molecule has 1 aromatic carbocycles. The molecular formula is C17H25NO. The predicted octanol–water partition coefficient (Wildman–Crippen LogP) is 3.91. The van der Waals surface area contributed by atoms with E-state index in [9.17, 15) is 4.79 Å². The topological polar surface area (TPSA) is 20.3 Å². The summed E-state index contributed by atoms with van der Waals surface area (Å²) in [5.41, 5.74) is 0.856. The van der Waals surface area contributed by atoms with Crippen LogP contribution in [0.4, 0.5) is 0 Å². The Labute approximate surface area is 116 Å². The van der Waals surface area contributed by atoms with Gasteiger partial charge in [-0.2, -0.15) is 0 Å². The zero-order chi connectivity index (χ0) is 13.5. The van der Waals surface area contributed by atoms with Gasteiger partial charge in [-0.15, -0.1) is 0 Å². The molecule has 0 aliphatic heterocycles. The zero-order valence-corrected chi connectivity index (χ0v) is 12.0. The van der Waals surface area contributed by atoms with Crippen LogP contribution in [0.25, 0.3) is 0 Å². The van der Waals surface area contributed by atoms with Gasteiger partial charge in [0.15, 0.2) is 5.78 Å². The van der Waals surface area contributed by atoms with Crippen LogP contribution >= 0.6 is 0 Å². The summed E-state index contributed by atoms with van der Waals surface area (Å²) in [4.78, 5) is 14.6. The lowest BCUT2D eigenvalue weighted by molar-refractivity contribution is 0.0974. The van der Waals surface area contributed by atoms with Gasteiger partial charge in [0, 0.05) is 18.0 Å². The first-order chi connectivity index (χ1) is 9.31. The van der Waals surface area contributed by atoms with E-state index in [2.05, 4.69) is 11.8 Å². The van der Waals surface area contributed by atoms with E-state index in [-0.39, 0.29) is 5.78 Å². The molecule has 2 rings (SSSR count). The molecule has 1 fully saturated rings. The number of Topliss-reactive ketones (excluding diaryl/α,β-unsaturated/α-hetero) is 1. The van der Waals surface area contributed by atoms with Gasteiger partial charge in [-0.3, -0.25) is 4.79 Å². The lowest BCUT2D eigenvalue weighted by Gasteiger charge is -2.21. The highest BCUT2D eigenvalue weighted by molar-refractivity contribution is 5.95. The van der Waals surface area contributed by atoms with E-state index < -0.39 is 0 Å². The lowest BCUT2D eigenvalue weighted by Crippen LogP contribution is -2.28. The van der Waals surface area contributed by atoms with Crippen LogP contribution in [0.1, 0.15) is 55.8 Å². The average molecular weight is 259 g/mol. The summed E-state index contributed by atoms with van der Waals surface area (Å²) in [5.74, 6) is 0.284. The Bertz CT molecular complexity index is 384. The molecule has 0 amide bonds. The third-order valence-corrected chi connectivity index (χ3v) is 3.81. The van der Waals surface area contributed by atoms with Crippen molar-refractivity contribution >= 4 is 5.78 Å². The Hall–Kier alpha value is -1.15.